The zero-order chi connectivity index (χ0) is 11.5. The molecule has 1 aromatic rings. The minimum absolute atomic E-state index is 0.0129. The van der Waals surface area contributed by atoms with Crippen molar-refractivity contribution >= 4 is 5.91 Å². The van der Waals surface area contributed by atoms with Crippen molar-refractivity contribution in [1.29, 1.82) is 0 Å². The van der Waals surface area contributed by atoms with E-state index in [-0.39, 0.29) is 17.6 Å². The normalized spacial score (nSPS) is 15.9. The molecule has 2 heterocycles. The summed E-state index contributed by atoms with van der Waals surface area (Å²) >= 11 is 0. The summed E-state index contributed by atoms with van der Waals surface area (Å²) in [6.45, 7) is 1.23. The Bertz CT molecular complexity index is 435. The summed E-state index contributed by atoms with van der Waals surface area (Å²) in [7, 11) is 0. The molecule has 0 aromatic carbocycles. The molecule has 0 atom stereocenters. The maximum absolute atomic E-state index is 11.6. The number of nitrogens with zero attached hydrogens (tertiary/aromatic N) is 2. The summed E-state index contributed by atoms with van der Waals surface area (Å²) in [5.41, 5.74) is -0.0982. The molecular weight excluding hydrogens is 208 g/mol. The standard InChI is InChI=1S/C11H14N2O3/c14-9-7-13(8-9)11(16)4-6-12-5-2-1-3-10(12)15/h1-3,5,9,14H,4,6-8H2. The molecule has 1 aliphatic rings. The van der Waals surface area contributed by atoms with Crippen LogP contribution in [0.15, 0.2) is 29.2 Å². The van der Waals surface area contributed by atoms with Gasteiger partial charge in [0, 0.05) is 38.3 Å². The number of hydrogen-bond donors (Lipinski definition) is 1. The second-order valence-corrected chi connectivity index (χ2v) is 3.93. The second-order valence-electron chi connectivity index (χ2n) is 3.93. The first-order valence-electron chi connectivity index (χ1n) is 5.28. The first-order chi connectivity index (χ1) is 7.66. The zero-order valence-electron chi connectivity index (χ0n) is 8.87. The Morgan fingerprint density at radius 2 is 2.19 bits per heavy atom. The van der Waals surface area contributed by atoms with Crippen molar-refractivity contribution in [2.75, 3.05) is 13.1 Å². The van der Waals surface area contributed by atoms with Crippen molar-refractivity contribution in [3.05, 3.63) is 34.7 Å². The molecule has 1 N–H and O–H groups in total. The molecule has 0 unspecified atom stereocenters. The lowest BCUT2D eigenvalue weighted by Gasteiger charge is -2.35. The third kappa shape index (κ3) is 2.30. The Labute approximate surface area is 92.9 Å². The smallest absolute Gasteiger partial charge is 0.250 e. The van der Waals surface area contributed by atoms with Gasteiger partial charge in [-0.25, -0.2) is 0 Å². The fourth-order valence-corrected chi connectivity index (χ4v) is 1.68. The average Bonchev–Trinajstić information content (AvgIpc) is 2.23. The van der Waals surface area contributed by atoms with Gasteiger partial charge in [-0.15, -0.1) is 0 Å². The predicted molar refractivity (Wildman–Crippen MR) is 57.9 cm³/mol. The summed E-state index contributed by atoms with van der Waals surface area (Å²) in [4.78, 5) is 24.5. The number of carbonyl (C=O) groups is 1. The third-order valence-corrected chi connectivity index (χ3v) is 2.68. The summed E-state index contributed by atoms with van der Waals surface area (Å²) in [5.74, 6) is -0.0129. The van der Waals surface area contributed by atoms with Crippen LogP contribution in [0.4, 0.5) is 0 Å². The van der Waals surface area contributed by atoms with Gasteiger partial charge < -0.3 is 14.6 Å². The van der Waals surface area contributed by atoms with Crippen molar-refractivity contribution in [1.82, 2.24) is 9.47 Å². The number of aryl methyl sites for hydroxylation is 1. The molecule has 1 aliphatic heterocycles. The number of aliphatic hydroxyl groups excluding tert-OH is 1. The Balaban J connectivity index is 1.86. The van der Waals surface area contributed by atoms with E-state index >= 15 is 0 Å². The van der Waals surface area contributed by atoms with Crippen molar-refractivity contribution in [3.8, 4) is 0 Å². The number of likely N-dealkylation sites (tertiary alicyclic amines) is 1. The minimum Gasteiger partial charge on any atom is -0.389 e. The molecule has 5 nitrogen and oxygen atoms in total. The van der Waals surface area contributed by atoms with Crippen LogP contribution in [0, 0.1) is 0 Å². The third-order valence-electron chi connectivity index (χ3n) is 2.68. The maximum Gasteiger partial charge on any atom is 0.250 e. The van der Waals surface area contributed by atoms with Gasteiger partial charge in [0.25, 0.3) is 5.56 Å². The van der Waals surface area contributed by atoms with E-state index in [9.17, 15) is 9.59 Å². The van der Waals surface area contributed by atoms with Gasteiger partial charge in [-0.05, 0) is 6.07 Å². The largest absolute Gasteiger partial charge is 0.389 e. The highest BCUT2D eigenvalue weighted by Crippen LogP contribution is 2.09. The number of rotatable bonds is 3. The van der Waals surface area contributed by atoms with Crippen molar-refractivity contribution < 1.29 is 9.90 Å². The molecular formula is C11H14N2O3. The minimum atomic E-state index is -0.372. The molecule has 1 saturated heterocycles. The van der Waals surface area contributed by atoms with Crippen LogP contribution in [-0.2, 0) is 11.3 Å². The van der Waals surface area contributed by atoms with E-state index in [0.717, 1.165) is 0 Å². The predicted octanol–water partition coefficient (Wildman–Crippen LogP) is -0.559. The van der Waals surface area contributed by atoms with Crippen LogP contribution >= 0.6 is 0 Å². The van der Waals surface area contributed by atoms with Crippen LogP contribution < -0.4 is 5.56 Å². The Hall–Kier alpha value is -1.62. The lowest BCUT2D eigenvalue weighted by atomic mass is 10.1. The monoisotopic (exact) mass is 222 g/mol. The Morgan fingerprint density at radius 3 is 2.81 bits per heavy atom. The van der Waals surface area contributed by atoms with E-state index in [0.29, 0.717) is 26.1 Å². The number of aliphatic hydroxyl groups is 1. The molecule has 1 amide bonds. The van der Waals surface area contributed by atoms with E-state index in [1.165, 1.54) is 10.6 Å². The van der Waals surface area contributed by atoms with Gasteiger partial charge in [-0.1, -0.05) is 6.07 Å². The molecule has 0 radical (unpaired) electrons. The Kier molecular flexibility index (Phi) is 3.05. The highest BCUT2D eigenvalue weighted by molar-refractivity contribution is 5.77. The van der Waals surface area contributed by atoms with E-state index < -0.39 is 0 Å². The number of pyridine rings is 1. The van der Waals surface area contributed by atoms with Gasteiger partial charge >= 0.3 is 0 Å². The fourth-order valence-electron chi connectivity index (χ4n) is 1.68. The van der Waals surface area contributed by atoms with Crippen LogP contribution in [0.2, 0.25) is 0 Å². The first-order valence-corrected chi connectivity index (χ1v) is 5.28. The lowest BCUT2D eigenvalue weighted by Crippen LogP contribution is -2.53. The number of amides is 1. The molecule has 86 valence electrons. The highest BCUT2D eigenvalue weighted by atomic mass is 16.3. The molecule has 0 spiro atoms. The molecule has 1 aromatic heterocycles. The summed E-state index contributed by atoms with van der Waals surface area (Å²) in [6, 6.07) is 4.91. The van der Waals surface area contributed by atoms with Gasteiger partial charge in [-0.3, -0.25) is 9.59 Å². The van der Waals surface area contributed by atoms with Crippen molar-refractivity contribution in [2.45, 2.75) is 19.1 Å². The molecule has 0 aliphatic carbocycles. The van der Waals surface area contributed by atoms with Gasteiger partial charge in [0.1, 0.15) is 0 Å². The topological polar surface area (TPSA) is 62.5 Å². The van der Waals surface area contributed by atoms with E-state index in [1.807, 2.05) is 0 Å². The van der Waals surface area contributed by atoms with Crippen LogP contribution in [-0.4, -0.2) is 39.7 Å². The lowest BCUT2D eigenvalue weighted by molar-refractivity contribution is -0.141. The summed E-state index contributed by atoms with van der Waals surface area (Å²) in [5, 5.41) is 9.05. The molecule has 2 rings (SSSR count). The van der Waals surface area contributed by atoms with Crippen molar-refractivity contribution in [3.63, 3.8) is 0 Å². The Morgan fingerprint density at radius 1 is 1.44 bits per heavy atom. The number of carbonyl (C=O) groups excluding carboxylic acids is 1. The number of hydrogen-bond acceptors (Lipinski definition) is 3. The average molecular weight is 222 g/mol. The van der Waals surface area contributed by atoms with Gasteiger partial charge in [0.05, 0.1) is 6.10 Å². The maximum atomic E-state index is 11.6. The van der Waals surface area contributed by atoms with Crippen LogP contribution in [0.5, 0.6) is 0 Å². The molecule has 0 saturated carbocycles. The molecule has 1 fully saturated rings. The zero-order valence-corrected chi connectivity index (χ0v) is 8.87. The van der Waals surface area contributed by atoms with Crippen LogP contribution in [0.25, 0.3) is 0 Å². The summed E-state index contributed by atoms with van der Waals surface area (Å²) in [6.07, 6.45) is 1.60. The van der Waals surface area contributed by atoms with Gasteiger partial charge in [0.2, 0.25) is 5.91 Å². The molecule has 5 heteroatoms. The highest BCUT2D eigenvalue weighted by Gasteiger charge is 2.28. The fraction of sp³-hybridized carbons (Fsp3) is 0.455. The molecule has 16 heavy (non-hydrogen) atoms. The van der Waals surface area contributed by atoms with Gasteiger partial charge in [0.15, 0.2) is 0 Å². The van der Waals surface area contributed by atoms with E-state index in [4.69, 9.17) is 5.11 Å². The first kappa shape index (κ1) is 10.9. The number of β-amino-alcohol motifs (C(OH)–C–C–N with tert-alkyl or cyclic N) is 1. The van der Waals surface area contributed by atoms with Crippen LogP contribution in [0.1, 0.15) is 6.42 Å². The number of aromatic nitrogens is 1. The van der Waals surface area contributed by atoms with E-state index in [1.54, 1.807) is 23.2 Å². The molecule has 0 bridgehead atoms. The van der Waals surface area contributed by atoms with Gasteiger partial charge in [-0.2, -0.15) is 0 Å². The van der Waals surface area contributed by atoms with Crippen molar-refractivity contribution in [2.24, 2.45) is 0 Å². The van der Waals surface area contributed by atoms with Crippen LogP contribution in [0.3, 0.4) is 0 Å². The second kappa shape index (κ2) is 4.49. The SMILES string of the molecule is O=C(CCn1ccccc1=O)N1CC(O)C1. The van der Waals surface area contributed by atoms with E-state index in [2.05, 4.69) is 0 Å². The quantitative estimate of drug-likeness (QED) is 0.745. The summed E-state index contributed by atoms with van der Waals surface area (Å²) < 4.78 is 1.51.